The quantitative estimate of drug-likeness (QED) is 0.851. The molecule has 126 valence electrons. The SMILES string of the molecule is COC1(CNc2ccc(C(=O)Nc3ccc(C)cc3)cn2)CCC1. The van der Waals surface area contributed by atoms with Crippen LogP contribution in [0.15, 0.2) is 42.6 Å². The molecular formula is C19H23N3O2. The molecule has 0 atom stereocenters. The zero-order chi connectivity index (χ0) is 17.0. The minimum Gasteiger partial charge on any atom is -0.376 e. The molecule has 3 rings (SSSR count). The van der Waals surface area contributed by atoms with E-state index < -0.39 is 0 Å². The number of benzene rings is 1. The van der Waals surface area contributed by atoms with Crippen molar-refractivity contribution in [3.05, 3.63) is 53.7 Å². The lowest BCUT2D eigenvalue weighted by Crippen LogP contribution is -2.45. The van der Waals surface area contributed by atoms with E-state index in [0.29, 0.717) is 5.56 Å². The average molecular weight is 325 g/mol. The molecule has 0 radical (unpaired) electrons. The number of amides is 1. The highest BCUT2D eigenvalue weighted by Crippen LogP contribution is 2.34. The Morgan fingerprint density at radius 1 is 1.21 bits per heavy atom. The van der Waals surface area contributed by atoms with Gasteiger partial charge in [-0.1, -0.05) is 17.7 Å². The van der Waals surface area contributed by atoms with Gasteiger partial charge in [0.15, 0.2) is 0 Å². The predicted octanol–water partition coefficient (Wildman–Crippen LogP) is 3.62. The van der Waals surface area contributed by atoms with E-state index in [1.807, 2.05) is 37.3 Å². The first-order valence-electron chi connectivity index (χ1n) is 8.23. The Morgan fingerprint density at radius 3 is 2.50 bits per heavy atom. The molecule has 1 aromatic heterocycles. The molecule has 2 N–H and O–H groups in total. The number of hydrogen-bond donors (Lipinski definition) is 2. The second-order valence-electron chi connectivity index (χ2n) is 6.35. The highest BCUT2D eigenvalue weighted by atomic mass is 16.5. The smallest absolute Gasteiger partial charge is 0.257 e. The van der Waals surface area contributed by atoms with E-state index in [1.165, 1.54) is 6.42 Å². The van der Waals surface area contributed by atoms with Crippen LogP contribution in [0.2, 0.25) is 0 Å². The molecule has 0 aliphatic heterocycles. The lowest BCUT2D eigenvalue weighted by Gasteiger charge is -2.40. The molecule has 1 amide bonds. The van der Waals surface area contributed by atoms with Gasteiger partial charge in [-0.25, -0.2) is 4.98 Å². The van der Waals surface area contributed by atoms with E-state index in [9.17, 15) is 4.79 Å². The van der Waals surface area contributed by atoms with Crippen LogP contribution in [0.4, 0.5) is 11.5 Å². The molecule has 1 aliphatic carbocycles. The number of carbonyl (C=O) groups excluding carboxylic acids is 1. The van der Waals surface area contributed by atoms with E-state index >= 15 is 0 Å². The average Bonchev–Trinajstić information content (AvgIpc) is 2.57. The molecule has 0 saturated heterocycles. The molecule has 5 heteroatoms. The van der Waals surface area contributed by atoms with E-state index in [4.69, 9.17) is 4.74 Å². The third-order valence-electron chi connectivity index (χ3n) is 4.62. The fraction of sp³-hybridized carbons (Fsp3) is 0.368. The number of rotatable bonds is 6. The van der Waals surface area contributed by atoms with Gasteiger partial charge in [0, 0.05) is 25.5 Å². The van der Waals surface area contributed by atoms with Crippen LogP contribution in [0, 0.1) is 6.92 Å². The molecule has 1 saturated carbocycles. The molecule has 1 heterocycles. The topological polar surface area (TPSA) is 63.2 Å². The van der Waals surface area contributed by atoms with Crippen LogP contribution in [-0.4, -0.2) is 30.1 Å². The van der Waals surface area contributed by atoms with Crippen LogP contribution in [0.1, 0.15) is 35.2 Å². The lowest BCUT2D eigenvalue weighted by molar-refractivity contribution is -0.0601. The summed E-state index contributed by atoms with van der Waals surface area (Å²) in [5.74, 6) is 0.593. The summed E-state index contributed by atoms with van der Waals surface area (Å²) in [6, 6.07) is 11.3. The molecule has 1 aromatic carbocycles. The van der Waals surface area contributed by atoms with Crippen molar-refractivity contribution in [1.29, 1.82) is 0 Å². The van der Waals surface area contributed by atoms with Crippen LogP contribution in [0.3, 0.4) is 0 Å². The van der Waals surface area contributed by atoms with Gasteiger partial charge < -0.3 is 15.4 Å². The first-order chi connectivity index (χ1) is 11.6. The number of carbonyl (C=O) groups is 1. The molecule has 0 unspecified atom stereocenters. The van der Waals surface area contributed by atoms with Crippen LogP contribution >= 0.6 is 0 Å². The molecule has 0 spiro atoms. The molecule has 1 fully saturated rings. The maximum atomic E-state index is 12.2. The molecule has 2 aromatic rings. The molecular weight excluding hydrogens is 302 g/mol. The summed E-state index contributed by atoms with van der Waals surface area (Å²) in [6.07, 6.45) is 4.95. The van der Waals surface area contributed by atoms with Gasteiger partial charge in [-0.3, -0.25) is 4.79 Å². The predicted molar refractivity (Wildman–Crippen MR) is 95.4 cm³/mol. The summed E-state index contributed by atoms with van der Waals surface area (Å²) in [4.78, 5) is 16.6. The fourth-order valence-electron chi connectivity index (χ4n) is 2.75. The summed E-state index contributed by atoms with van der Waals surface area (Å²) in [5, 5.41) is 6.16. The van der Waals surface area contributed by atoms with E-state index in [-0.39, 0.29) is 11.5 Å². The molecule has 5 nitrogen and oxygen atoms in total. The van der Waals surface area contributed by atoms with Gasteiger partial charge in [-0.15, -0.1) is 0 Å². The number of anilines is 2. The highest BCUT2D eigenvalue weighted by molar-refractivity contribution is 6.04. The van der Waals surface area contributed by atoms with Crippen LogP contribution < -0.4 is 10.6 Å². The number of aryl methyl sites for hydroxylation is 1. The number of pyridine rings is 1. The van der Waals surface area contributed by atoms with Gasteiger partial charge in [0.25, 0.3) is 5.91 Å². The van der Waals surface area contributed by atoms with Gasteiger partial charge in [0.1, 0.15) is 5.82 Å². The maximum absolute atomic E-state index is 12.2. The minimum absolute atomic E-state index is 0.0524. The second kappa shape index (κ2) is 7.01. The molecule has 1 aliphatic rings. The zero-order valence-corrected chi connectivity index (χ0v) is 14.1. The lowest BCUT2D eigenvalue weighted by atomic mass is 9.80. The Hall–Kier alpha value is -2.40. The number of ether oxygens (including phenoxy) is 1. The van der Waals surface area contributed by atoms with Crippen LogP contribution in [0.5, 0.6) is 0 Å². The Balaban J connectivity index is 1.57. The minimum atomic E-state index is -0.162. The van der Waals surface area contributed by atoms with Crippen molar-refractivity contribution < 1.29 is 9.53 Å². The standard InChI is InChI=1S/C19H23N3O2/c1-14-4-7-16(8-5-14)22-18(23)15-6-9-17(20-12-15)21-13-19(24-2)10-3-11-19/h4-9,12H,3,10-11,13H2,1-2H3,(H,20,21)(H,22,23). The monoisotopic (exact) mass is 325 g/mol. The van der Waals surface area contributed by atoms with Crippen LogP contribution in [0.25, 0.3) is 0 Å². The number of nitrogens with zero attached hydrogens (tertiary/aromatic N) is 1. The summed E-state index contributed by atoms with van der Waals surface area (Å²) in [5.41, 5.74) is 2.42. The van der Waals surface area contributed by atoms with Gasteiger partial charge in [-0.05, 0) is 50.5 Å². The summed E-state index contributed by atoms with van der Waals surface area (Å²) in [6.45, 7) is 2.75. The normalized spacial score (nSPS) is 15.4. The Labute approximate surface area is 142 Å². The van der Waals surface area contributed by atoms with Crippen molar-refractivity contribution in [2.45, 2.75) is 31.8 Å². The fourth-order valence-corrected chi connectivity index (χ4v) is 2.75. The third-order valence-corrected chi connectivity index (χ3v) is 4.62. The summed E-state index contributed by atoms with van der Waals surface area (Å²) >= 11 is 0. The van der Waals surface area contributed by atoms with Crippen molar-refractivity contribution in [3.8, 4) is 0 Å². The van der Waals surface area contributed by atoms with Crippen LogP contribution in [-0.2, 0) is 4.74 Å². The molecule has 0 bridgehead atoms. The van der Waals surface area contributed by atoms with Crippen molar-refractivity contribution in [3.63, 3.8) is 0 Å². The van der Waals surface area contributed by atoms with E-state index in [2.05, 4.69) is 15.6 Å². The Morgan fingerprint density at radius 2 is 1.96 bits per heavy atom. The maximum Gasteiger partial charge on any atom is 0.257 e. The zero-order valence-electron chi connectivity index (χ0n) is 14.1. The van der Waals surface area contributed by atoms with Crippen molar-refractivity contribution in [1.82, 2.24) is 4.98 Å². The van der Waals surface area contributed by atoms with Gasteiger partial charge >= 0.3 is 0 Å². The van der Waals surface area contributed by atoms with Crippen molar-refractivity contribution in [2.75, 3.05) is 24.3 Å². The number of aromatic nitrogens is 1. The van der Waals surface area contributed by atoms with Gasteiger partial charge in [0.05, 0.1) is 11.2 Å². The van der Waals surface area contributed by atoms with Gasteiger partial charge in [-0.2, -0.15) is 0 Å². The third kappa shape index (κ3) is 3.74. The second-order valence-corrected chi connectivity index (χ2v) is 6.35. The van der Waals surface area contributed by atoms with E-state index in [0.717, 1.165) is 36.5 Å². The number of nitrogens with one attached hydrogen (secondary N) is 2. The summed E-state index contributed by atoms with van der Waals surface area (Å²) in [7, 11) is 1.76. The van der Waals surface area contributed by atoms with Gasteiger partial charge in [0.2, 0.25) is 0 Å². The van der Waals surface area contributed by atoms with Crippen molar-refractivity contribution >= 4 is 17.4 Å². The largest absolute Gasteiger partial charge is 0.376 e. The molecule has 24 heavy (non-hydrogen) atoms. The Kier molecular flexibility index (Phi) is 4.81. The first-order valence-corrected chi connectivity index (χ1v) is 8.23. The first kappa shape index (κ1) is 16.5. The number of methoxy groups -OCH3 is 1. The highest BCUT2D eigenvalue weighted by Gasteiger charge is 2.36. The summed E-state index contributed by atoms with van der Waals surface area (Å²) < 4.78 is 5.58. The van der Waals surface area contributed by atoms with E-state index in [1.54, 1.807) is 19.4 Å². The Bertz CT molecular complexity index is 686. The number of hydrogen-bond acceptors (Lipinski definition) is 4. The van der Waals surface area contributed by atoms with Crippen molar-refractivity contribution in [2.24, 2.45) is 0 Å².